The van der Waals surface area contributed by atoms with Crippen LogP contribution in [0.5, 0.6) is 0 Å². The number of hydrogen-bond donors (Lipinski definition) is 4. The summed E-state index contributed by atoms with van der Waals surface area (Å²) in [6.45, 7) is 2.67. The van der Waals surface area contributed by atoms with Gasteiger partial charge < -0.3 is 20.9 Å². The summed E-state index contributed by atoms with van der Waals surface area (Å²) >= 11 is 0. The van der Waals surface area contributed by atoms with Crippen LogP contribution in [0.15, 0.2) is 41.5 Å². The Morgan fingerprint density at radius 1 is 1.17 bits per heavy atom. The second kappa shape index (κ2) is 8.62. The Morgan fingerprint density at radius 3 is 2.70 bits per heavy atom. The van der Waals surface area contributed by atoms with Gasteiger partial charge in [0.2, 0.25) is 0 Å². The van der Waals surface area contributed by atoms with Gasteiger partial charge in [0.25, 0.3) is 11.5 Å². The molecule has 0 saturated heterocycles. The number of anilines is 1. The van der Waals surface area contributed by atoms with E-state index < -0.39 is 0 Å². The van der Waals surface area contributed by atoms with Crippen LogP contribution < -0.4 is 21.5 Å². The Balaban J connectivity index is 1.27. The predicted molar refractivity (Wildman–Crippen MR) is 117 cm³/mol. The van der Waals surface area contributed by atoms with Crippen molar-refractivity contribution in [3.05, 3.63) is 63.8 Å². The maximum Gasteiger partial charge on any atom is 0.269 e. The molecule has 4 rings (SSSR count). The molecule has 8 nitrogen and oxygen atoms in total. The van der Waals surface area contributed by atoms with E-state index in [4.69, 9.17) is 0 Å². The lowest BCUT2D eigenvalue weighted by atomic mass is 9.86. The van der Waals surface area contributed by atoms with Crippen LogP contribution >= 0.6 is 0 Å². The third-order valence-corrected chi connectivity index (χ3v) is 5.53. The van der Waals surface area contributed by atoms with Crippen molar-refractivity contribution in [2.24, 2.45) is 0 Å². The van der Waals surface area contributed by atoms with Crippen LogP contribution in [0.3, 0.4) is 0 Å². The van der Waals surface area contributed by atoms with Gasteiger partial charge in [0.15, 0.2) is 0 Å². The molecular weight excluding hydrogens is 380 g/mol. The van der Waals surface area contributed by atoms with Crippen LogP contribution in [0.4, 0.5) is 5.69 Å². The number of hydrogen-bond acceptors (Lipinski definition) is 6. The van der Waals surface area contributed by atoms with Crippen molar-refractivity contribution in [1.82, 2.24) is 25.6 Å². The molecule has 1 amide bonds. The van der Waals surface area contributed by atoms with Crippen molar-refractivity contribution >= 4 is 22.6 Å². The Kier molecular flexibility index (Phi) is 5.76. The summed E-state index contributed by atoms with van der Waals surface area (Å²) < 4.78 is 0. The zero-order chi connectivity index (χ0) is 21.1. The molecule has 4 N–H and O–H groups in total. The van der Waals surface area contributed by atoms with Gasteiger partial charge in [-0.15, -0.1) is 0 Å². The standard InChI is InChI=1S/C22H26N6O2/c1-3-14-7-19-20(28-21(14)29)6-13(11-25-19)10-24-16-8-17(9-16)27-15-4-5-18(26-12-15)22(30)23-2/h4-7,11-12,16-17,24,27H,3,8-10H2,1-2H3,(H,23,30)(H,28,29). The molecule has 0 atom stereocenters. The maximum atomic E-state index is 12.0. The number of aromatic nitrogens is 3. The minimum Gasteiger partial charge on any atom is -0.381 e. The highest BCUT2D eigenvalue weighted by Crippen LogP contribution is 2.24. The van der Waals surface area contributed by atoms with Gasteiger partial charge in [-0.05, 0) is 49.1 Å². The second-order valence-electron chi connectivity index (χ2n) is 7.66. The molecule has 1 saturated carbocycles. The third kappa shape index (κ3) is 4.33. The van der Waals surface area contributed by atoms with Crippen molar-refractivity contribution in [2.45, 2.75) is 44.8 Å². The average Bonchev–Trinajstić information content (AvgIpc) is 2.74. The van der Waals surface area contributed by atoms with Gasteiger partial charge >= 0.3 is 0 Å². The first-order valence-corrected chi connectivity index (χ1v) is 10.2. The summed E-state index contributed by atoms with van der Waals surface area (Å²) in [7, 11) is 1.59. The van der Waals surface area contributed by atoms with Crippen LogP contribution in [0.2, 0.25) is 0 Å². The number of H-pyrrole nitrogens is 1. The van der Waals surface area contributed by atoms with Crippen molar-refractivity contribution in [3.63, 3.8) is 0 Å². The smallest absolute Gasteiger partial charge is 0.269 e. The molecule has 0 unspecified atom stereocenters. The van der Waals surface area contributed by atoms with Crippen molar-refractivity contribution in [2.75, 3.05) is 12.4 Å². The lowest BCUT2D eigenvalue weighted by Gasteiger charge is -2.37. The van der Waals surface area contributed by atoms with E-state index in [0.717, 1.165) is 40.7 Å². The molecule has 30 heavy (non-hydrogen) atoms. The van der Waals surface area contributed by atoms with Gasteiger partial charge in [-0.25, -0.2) is 4.98 Å². The number of fused-ring (bicyclic) bond motifs is 1. The molecule has 0 aliphatic heterocycles. The highest BCUT2D eigenvalue weighted by Gasteiger charge is 2.28. The predicted octanol–water partition coefficient (Wildman–Crippen LogP) is 1.97. The number of aryl methyl sites for hydroxylation is 1. The summed E-state index contributed by atoms with van der Waals surface area (Å²) in [5.74, 6) is -0.187. The first-order chi connectivity index (χ1) is 14.6. The number of amides is 1. The number of aromatic amines is 1. The number of pyridine rings is 3. The highest BCUT2D eigenvalue weighted by molar-refractivity contribution is 5.92. The lowest BCUT2D eigenvalue weighted by molar-refractivity contribution is 0.0958. The molecule has 8 heteroatoms. The van der Waals surface area contributed by atoms with Crippen LogP contribution in [0, 0.1) is 0 Å². The fourth-order valence-corrected chi connectivity index (χ4v) is 3.67. The molecule has 1 aliphatic rings. The molecule has 156 valence electrons. The number of carbonyl (C=O) groups excluding carboxylic acids is 1. The Morgan fingerprint density at radius 2 is 2.00 bits per heavy atom. The molecule has 3 aromatic rings. The molecule has 3 heterocycles. The maximum absolute atomic E-state index is 12.0. The van der Waals surface area contributed by atoms with Crippen LogP contribution in [-0.2, 0) is 13.0 Å². The quantitative estimate of drug-likeness (QED) is 0.477. The Labute approximate surface area is 174 Å². The topological polar surface area (TPSA) is 112 Å². The van der Waals surface area contributed by atoms with Gasteiger partial charge in [0.05, 0.1) is 22.9 Å². The van der Waals surface area contributed by atoms with E-state index in [1.165, 1.54) is 0 Å². The van der Waals surface area contributed by atoms with E-state index in [0.29, 0.717) is 30.7 Å². The molecule has 1 fully saturated rings. The molecule has 0 spiro atoms. The normalized spacial score (nSPS) is 18.1. The number of rotatable bonds is 7. The average molecular weight is 406 g/mol. The number of nitrogens with zero attached hydrogens (tertiary/aromatic N) is 2. The van der Waals surface area contributed by atoms with Crippen molar-refractivity contribution in [3.8, 4) is 0 Å². The minimum absolute atomic E-state index is 0.0392. The molecule has 3 aromatic heterocycles. The first kappa shape index (κ1) is 20.0. The highest BCUT2D eigenvalue weighted by atomic mass is 16.1. The van der Waals surface area contributed by atoms with Gasteiger partial charge in [0, 0.05) is 37.4 Å². The van der Waals surface area contributed by atoms with Crippen molar-refractivity contribution < 1.29 is 4.79 Å². The SMILES string of the molecule is CCc1cc2ncc(CNC3CC(Nc4ccc(C(=O)NC)nc4)C3)cc2[nH]c1=O. The van der Waals surface area contributed by atoms with Crippen LogP contribution in [0.1, 0.15) is 41.4 Å². The first-order valence-electron chi connectivity index (χ1n) is 10.2. The molecular formula is C22H26N6O2. The summed E-state index contributed by atoms with van der Waals surface area (Å²) in [5, 5.41) is 9.55. The largest absolute Gasteiger partial charge is 0.381 e. The summed E-state index contributed by atoms with van der Waals surface area (Å²) in [6.07, 6.45) is 6.27. The van der Waals surface area contributed by atoms with Crippen LogP contribution in [0.25, 0.3) is 11.0 Å². The zero-order valence-corrected chi connectivity index (χ0v) is 17.2. The van der Waals surface area contributed by atoms with Gasteiger partial charge in [-0.1, -0.05) is 6.92 Å². The van der Waals surface area contributed by atoms with E-state index in [2.05, 4.69) is 30.9 Å². The lowest BCUT2D eigenvalue weighted by Crippen LogP contribution is -2.47. The van der Waals surface area contributed by atoms with E-state index in [1.807, 2.05) is 31.3 Å². The zero-order valence-electron chi connectivity index (χ0n) is 17.2. The van der Waals surface area contributed by atoms with Gasteiger partial charge in [-0.2, -0.15) is 0 Å². The van der Waals surface area contributed by atoms with E-state index in [-0.39, 0.29) is 11.5 Å². The third-order valence-electron chi connectivity index (χ3n) is 5.53. The minimum atomic E-state index is -0.187. The van der Waals surface area contributed by atoms with E-state index in [9.17, 15) is 9.59 Å². The van der Waals surface area contributed by atoms with Crippen molar-refractivity contribution in [1.29, 1.82) is 0 Å². The van der Waals surface area contributed by atoms with Gasteiger partial charge in [0.1, 0.15) is 5.69 Å². The summed E-state index contributed by atoms with van der Waals surface area (Å²) in [5.41, 5.74) is 4.69. The fraction of sp³-hybridized carbons (Fsp3) is 0.364. The number of carbonyl (C=O) groups is 1. The molecule has 0 radical (unpaired) electrons. The molecule has 0 bridgehead atoms. The van der Waals surface area contributed by atoms with E-state index in [1.54, 1.807) is 19.3 Å². The Hall–Kier alpha value is -3.26. The summed E-state index contributed by atoms with van der Waals surface area (Å²) in [6, 6.07) is 8.26. The monoisotopic (exact) mass is 406 g/mol. The summed E-state index contributed by atoms with van der Waals surface area (Å²) in [4.78, 5) is 35.2. The molecule has 1 aliphatic carbocycles. The fourth-order valence-electron chi connectivity index (χ4n) is 3.67. The molecule has 0 aromatic carbocycles. The number of nitrogens with one attached hydrogen (secondary N) is 4. The van der Waals surface area contributed by atoms with E-state index >= 15 is 0 Å². The second-order valence-corrected chi connectivity index (χ2v) is 7.66. The van der Waals surface area contributed by atoms with Gasteiger partial charge in [-0.3, -0.25) is 14.6 Å². The Bertz CT molecular complexity index is 1100. The van der Waals surface area contributed by atoms with Crippen LogP contribution in [-0.4, -0.2) is 40.0 Å².